The van der Waals surface area contributed by atoms with Gasteiger partial charge in [0.2, 0.25) is 5.91 Å². The topological polar surface area (TPSA) is 102 Å². The van der Waals surface area contributed by atoms with Gasteiger partial charge in [-0.3, -0.25) is 24.6 Å². The van der Waals surface area contributed by atoms with E-state index in [0.29, 0.717) is 36.4 Å². The highest BCUT2D eigenvalue weighted by molar-refractivity contribution is 6.07. The molecule has 0 aliphatic carbocycles. The van der Waals surface area contributed by atoms with Gasteiger partial charge in [-0.15, -0.1) is 0 Å². The molecule has 0 saturated carbocycles. The number of nitrogens with one attached hydrogen (secondary N) is 1. The number of esters is 1. The van der Waals surface area contributed by atoms with E-state index in [1.54, 1.807) is 13.8 Å². The highest BCUT2D eigenvalue weighted by Crippen LogP contribution is 2.55. The molecule has 4 rings (SSSR count). The van der Waals surface area contributed by atoms with Gasteiger partial charge in [-0.05, 0) is 45.2 Å². The van der Waals surface area contributed by atoms with Crippen molar-refractivity contribution in [3.8, 4) is 0 Å². The predicted molar refractivity (Wildman–Crippen MR) is 92.6 cm³/mol. The van der Waals surface area contributed by atoms with Crippen LogP contribution in [0.2, 0.25) is 0 Å². The van der Waals surface area contributed by atoms with Gasteiger partial charge in [0.05, 0.1) is 17.4 Å². The zero-order chi connectivity index (χ0) is 18.6. The highest BCUT2D eigenvalue weighted by atomic mass is 16.6. The van der Waals surface area contributed by atoms with E-state index in [4.69, 9.17) is 4.74 Å². The Hall–Kier alpha value is -2.48. The lowest BCUT2D eigenvalue weighted by atomic mass is 9.83. The number of aryl methyl sites for hydroxylation is 1. The van der Waals surface area contributed by atoms with Crippen molar-refractivity contribution >= 4 is 23.3 Å². The molecule has 1 N–H and O–H groups in total. The molecule has 2 fully saturated rings. The SMILES string of the molecule is CCOC(=O)[C@@H]1C[C@@]2(C(=O)Nc3c(C)cc([N+](=O)[O-])cc32)N2CCC[C@H]12. The molecule has 1 spiro atoms. The van der Waals surface area contributed by atoms with Crippen LogP contribution in [-0.4, -0.2) is 40.9 Å². The van der Waals surface area contributed by atoms with E-state index >= 15 is 0 Å². The molecule has 26 heavy (non-hydrogen) atoms. The minimum atomic E-state index is -1.02. The third kappa shape index (κ3) is 2.11. The molecule has 8 heteroatoms. The summed E-state index contributed by atoms with van der Waals surface area (Å²) in [6.45, 7) is 4.50. The molecule has 1 amide bonds. The van der Waals surface area contributed by atoms with E-state index in [-0.39, 0.29) is 23.6 Å². The maximum atomic E-state index is 13.1. The summed E-state index contributed by atoms with van der Waals surface area (Å²) in [5, 5.41) is 14.2. The van der Waals surface area contributed by atoms with Gasteiger partial charge in [-0.1, -0.05) is 0 Å². The van der Waals surface area contributed by atoms with Crippen LogP contribution in [-0.2, 0) is 19.9 Å². The summed E-state index contributed by atoms with van der Waals surface area (Å²) in [4.78, 5) is 38.5. The van der Waals surface area contributed by atoms with Crippen molar-refractivity contribution in [3.63, 3.8) is 0 Å². The number of amides is 1. The van der Waals surface area contributed by atoms with Crippen LogP contribution in [0.5, 0.6) is 0 Å². The Kier molecular flexibility index (Phi) is 3.76. The Morgan fingerprint density at radius 3 is 2.96 bits per heavy atom. The molecule has 0 aromatic heterocycles. The Morgan fingerprint density at radius 1 is 1.50 bits per heavy atom. The number of carbonyl (C=O) groups excluding carboxylic acids is 2. The first-order valence-electron chi connectivity index (χ1n) is 8.94. The fraction of sp³-hybridized carbons (Fsp3) is 0.556. The summed E-state index contributed by atoms with van der Waals surface area (Å²) in [6.07, 6.45) is 2.01. The maximum Gasteiger partial charge on any atom is 0.310 e. The van der Waals surface area contributed by atoms with Crippen molar-refractivity contribution < 1.29 is 19.2 Å². The van der Waals surface area contributed by atoms with Gasteiger partial charge in [0.25, 0.3) is 5.69 Å². The van der Waals surface area contributed by atoms with Crippen LogP contribution in [0.4, 0.5) is 11.4 Å². The second-order valence-corrected chi connectivity index (χ2v) is 7.22. The molecule has 3 atom stereocenters. The summed E-state index contributed by atoms with van der Waals surface area (Å²) < 4.78 is 5.24. The molecule has 0 unspecified atom stereocenters. The monoisotopic (exact) mass is 359 g/mol. The van der Waals surface area contributed by atoms with Gasteiger partial charge in [0, 0.05) is 29.4 Å². The van der Waals surface area contributed by atoms with Crippen LogP contribution < -0.4 is 5.32 Å². The van der Waals surface area contributed by atoms with Crippen molar-refractivity contribution in [1.82, 2.24) is 4.90 Å². The van der Waals surface area contributed by atoms with E-state index in [1.165, 1.54) is 12.1 Å². The van der Waals surface area contributed by atoms with Crippen molar-refractivity contribution in [2.75, 3.05) is 18.5 Å². The highest BCUT2D eigenvalue weighted by Gasteiger charge is 2.63. The van der Waals surface area contributed by atoms with Crippen molar-refractivity contribution in [2.24, 2.45) is 5.92 Å². The minimum Gasteiger partial charge on any atom is -0.466 e. The number of non-ortho nitro benzene ring substituents is 1. The quantitative estimate of drug-likeness (QED) is 0.504. The maximum absolute atomic E-state index is 13.1. The van der Waals surface area contributed by atoms with Crippen LogP contribution in [0, 0.1) is 23.0 Å². The first kappa shape index (κ1) is 17.0. The number of hydrogen-bond donors (Lipinski definition) is 1. The molecule has 138 valence electrons. The molecule has 0 bridgehead atoms. The second kappa shape index (κ2) is 5.77. The van der Waals surface area contributed by atoms with Gasteiger partial charge < -0.3 is 10.1 Å². The second-order valence-electron chi connectivity index (χ2n) is 7.22. The lowest BCUT2D eigenvalue weighted by molar-refractivity contribution is -0.385. The number of nitrogens with zero attached hydrogens (tertiary/aromatic N) is 2. The Morgan fingerprint density at radius 2 is 2.27 bits per heavy atom. The van der Waals surface area contributed by atoms with Gasteiger partial charge in [0.15, 0.2) is 0 Å². The van der Waals surface area contributed by atoms with Crippen molar-refractivity contribution in [2.45, 2.75) is 44.7 Å². The Balaban J connectivity index is 1.86. The summed E-state index contributed by atoms with van der Waals surface area (Å²) in [5.74, 6) is -0.881. The predicted octanol–water partition coefficient (Wildman–Crippen LogP) is 2.10. The van der Waals surface area contributed by atoms with Crippen LogP contribution in [0.15, 0.2) is 12.1 Å². The van der Waals surface area contributed by atoms with Crippen LogP contribution in [0.25, 0.3) is 0 Å². The fourth-order valence-electron chi connectivity index (χ4n) is 4.94. The summed E-state index contributed by atoms with van der Waals surface area (Å²) in [7, 11) is 0. The summed E-state index contributed by atoms with van der Waals surface area (Å²) in [6, 6.07) is 2.89. The standard InChI is InChI=1S/C18H21N3O5/c1-3-26-16(22)12-9-18(20-6-4-5-14(12)20)13-8-11(21(24)25)7-10(2)15(13)19-17(18)23/h7-8,12,14H,3-6,9H2,1-2H3,(H,19,23)/t12-,14-,18-/m1/s1. The first-order chi connectivity index (χ1) is 12.4. The number of nitro groups is 1. The number of rotatable bonds is 3. The zero-order valence-electron chi connectivity index (χ0n) is 14.8. The molecule has 3 heterocycles. The number of anilines is 1. The van der Waals surface area contributed by atoms with E-state index in [9.17, 15) is 19.7 Å². The number of nitro benzene ring substituents is 1. The molecule has 8 nitrogen and oxygen atoms in total. The normalized spacial score (nSPS) is 29.5. The number of carbonyl (C=O) groups is 2. The van der Waals surface area contributed by atoms with Crippen LogP contribution in [0.1, 0.15) is 37.3 Å². The summed E-state index contributed by atoms with van der Waals surface area (Å²) >= 11 is 0. The molecule has 3 aliphatic rings. The van der Waals surface area contributed by atoms with E-state index in [2.05, 4.69) is 10.2 Å². The first-order valence-corrected chi connectivity index (χ1v) is 8.94. The van der Waals surface area contributed by atoms with Gasteiger partial charge in [0.1, 0.15) is 5.54 Å². The molecule has 2 saturated heterocycles. The average Bonchev–Trinajstić information content (AvgIpc) is 3.24. The van der Waals surface area contributed by atoms with Gasteiger partial charge in [-0.25, -0.2) is 0 Å². The van der Waals surface area contributed by atoms with Gasteiger partial charge >= 0.3 is 5.97 Å². The third-order valence-electron chi connectivity index (χ3n) is 5.95. The number of hydrogen-bond acceptors (Lipinski definition) is 6. The average molecular weight is 359 g/mol. The van der Waals surface area contributed by atoms with Crippen LogP contribution >= 0.6 is 0 Å². The molecular weight excluding hydrogens is 338 g/mol. The van der Waals surface area contributed by atoms with Crippen molar-refractivity contribution in [3.05, 3.63) is 33.4 Å². The Labute approximate surface area is 150 Å². The molecule has 0 radical (unpaired) electrons. The number of fused-ring (bicyclic) bond motifs is 4. The number of ether oxygens (including phenoxy) is 1. The van der Waals surface area contributed by atoms with Crippen LogP contribution in [0.3, 0.4) is 0 Å². The number of benzene rings is 1. The third-order valence-corrected chi connectivity index (χ3v) is 5.95. The van der Waals surface area contributed by atoms with E-state index in [1.807, 2.05) is 0 Å². The molecular formula is C18H21N3O5. The lowest BCUT2D eigenvalue weighted by Gasteiger charge is -2.32. The lowest BCUT2D eigenvalue weighted by Crippen LogP contribution is -2.47. The molecule has 1 aromatic rings. The Bertz CT molecular complexity index is 823. The van der Waals surface area contributed by atoms with E-state index in [0.717, 1.165) is 12.8 Å². The largest absolute Gasteiger partial charge is 0.466 e. The van der Waals surface area contributed by atoms with Gasteiger partial charge in [-0.2, -0.15) is 0 Å². The summed E-state index contributed by atoms with van der Waals surface area (Å²) in [5.41, 5.74) is 0.857. The van der Waals surface area contributed by atoms with E-state index < -0.39 is 16.4 Å². The zero-order valence-corrected chi connectivity index (χ0v) is 14.8. The fourth-order valence-corrected chi connectivity index (χ4v) is 4.94. The molecule has 3 aliphatic heterocycles. The smallest absolute Gasteiger partial charge is 0.310 e. The minimum absolute atomic E-state index is 0.0348. The van der Waals surface area contributed by atoms with Crippen molar-refractivity contribution in [1.29, 1.82) is 0 Å². The molecule has 1 aromatic carbocycles.